The molecule has 5 nitrogen and oxygen atoms in total. The van der Waals surface area contributed by atoms with Crippen LogP contribution in [0.15, 0.2) is 35.2 Å². The van der Waals surface area contributed by atoms with Crippen LogP contribution >= 0.6 is 0 Å². The first-order valence-corrected chi connectivity index (χ1v) is 6.64. The minimum Gasteiger partial charge on any atom is -0.469 e. The highest BCUT2D eigenvalue weighted by atomic mass is 16.3. The van der Waals surface area contributed by atoms with E-state index in [1.54, 1.807) is 12.5 Å². The molecule has 0 atom stereocenters. The van der Waals surface area contributed by atoms with E-state index in [0.717, 1.165) is 23.9 Å². The summed E-state index contributed by atoms with van der Waals surface area (Å²) in [6.45, 7) is 0.961. The third kappa shape index (κ3) is 3.47. The molecule has 0 radical (unpaired) electrons. The molecule has 1 N–H and O–H groups in total. The second-order valence-electron chi connectivity index (χ2n) is 5.02. The van der Waals surface area contributed by atoms with E-state index in [4.69, 9.17) is 4.42 Å². The number of hydrogen-bond donors (Lipinski definition) is 1. The number of anilines is 1. The highest BCUT2D eigenvalue weighted by Crippen LogP contribution is 2.30. The number of aromatic nitrogens is 2. The molecule has 2 heterocycles. The van der Waals surface area contributed by atoms with Crippen molar-refractivity contribution in [2.24, 2.45) is 5.92 Å². The Morgan fingerprint density at radius 3 is 3.16 bits per heavy atom. The molecule has 1 fully saturated rings. The zero-order valence-electron chi connectivity index (χ0n) is 10.7. The summed E-state index contributed by atoms with van der Waals surface area (Å²) in [7, 11) is 0. The quantitative estimate of drug-likeness (QED) is 0.866. The molecule has 5 heteroatoms. The summed E-state index contributed by atoms with van der Waals surface area (Å²) in [6.07, 6.45) is 8.84. The Balaban J connectivity index is 1.46. The van der Waals surface area contributed by atoms with E-state index in [2.05, 4.69) is 10.4 Å². The van der Waals surface area contributed by atoms with Gasteiger partial charge in [-0.2, -0.15) is 5.10 Å². The van der Waals surface area contributed by atoms with E-state index in [9.17, 15) is 4.79 Å². The Hall–Kier alpha value is -2.04. The van der Waals surface area contributed by atoms with Crippen molar-refractivity contribution in [1.29, 1.82) is 0 Å². The zero-order chi connectivity index (χ0) is 13.1. The number of rotatable bonds is 6. The standard InChI is InChI=1S/C14H17N3O2/c18-14(6-5-13-2-1-7-19-13)16-12-8-15-17(10-12)9-11-3-4-11/h1-2,7-8,10-11H,3-6,9H2,(H,16,18). The summed E-state index contributed by atoms with van der Waals surface area (Å²) in [6, 6.07) is 3.70. The number of nitrogens with zero attached hydrogens (tertiary/aromatic N) is 2. The molecule has 0 aliphatic heterocycles. The first kappa shape index (κ1) is 12.0. The molecular weight excluding hydrogens is 242 g/mol. The van der Waals surface area contributed by atoms with Crippen molar-refractivity contribution >= 4 is 11.6 Å². The summed E-state index contributed by atoms with van der Waals surface area (Å²) in [5.74, 6) is 1.60. The van der Waals surface area contributed by atoms with Crippen molar-refractivity contribution < 1.29 is 9.21 Å². The van der Waals surface area contributed by atoms with Crippen LogP contribution in [-0.4, -0.2) is 15.7 Å². The van der Waals surface area contributed by atoms with Crippen LogP contribution in [0.5, 0.6) is 0 Å². The normalized spacial score (nSPS) is 14.5. The largest absolute Gasteiger partial charge is 0.469 e. The number of aryl methyl sites for hydroxylation is 1. The van der Waals surface area contributed by atoms with E-state index < -0.39 is 0 Å². The molecule has 0 unspecified atom stereocenters. The Morgan fingerprint density at radius 2 is 2.42 bits per heavy atom. The second-order valence-corrected chi connectivity index (χ2v) is 5.02. The highest BCUT2D eigenvalue weighted by molar-refractivity contribution is 5.90. The van der Waals surface area contributed by atoms with Gasteiger partial charge in [0.1, 0.15) is 5.76 Å². The third-order valence-electron chi connectivity index (χ3n) is 3.24. The third-order valence-corrected chi connectivity index (χ3v) is 3.24. The number of carbonyl (C=O) groups excluding carboxylic acids is 1. The number of carbonyl (C=O) groups is 1. The zero-order valence-corrected chi connectivity index (χ0v) is 10.7. The highest BCUT2D eigenvalue weighted by Gasteiger charge is 2.22. The summed E-state index contributed by atoms with van der Waals surface area (Å²) in [5, 5.41) is 7.10. The fraction of sp³-hybridized carbons (Fsp3) is 0.429. The molecule has 0 bridgehead atoms. The van der Waals surface area contributed by atoms with Gasteiger partial charge in [0, 0.05) is 25.6 Å². The van der Waals surface area contributed by atoms with Crippen LogP contribution in [0.1, 0.15) is 25.0 Å². The van der Waals surface area contributed by atoms with Gasteiger partial charge < -0.3 is 9.73 Å². The van der Waals surface area contributed by atoms with Crippen LogP contribution in [0.3, 0.4) is 0 Å². The Labute approximate surface area is 111 Å². The smallest absolute Gasteiger partial charge is 0.224 e. The number of hydrogen-bond acceptors (Lipinski definition) is 3. The molecule has 1 saturated carbocycles. The van der Waals surface area contributed by atoms with Gasteiger partial charge in [-0.05, 0) is 30.9 Å². The lowest BCUT2D eigenvalue weighted by Crippen LogP contribution is -2.11. The molecule has 1 aliphatic carbocycles. The van der Waals surface area contributed by atoms with Crippen molar-refractivity contribution in [2.45, 2.75) is 32.2 Å². The molecule has 2 aromatic heterocycles. The van der Waals surface area contributed by atoms with Crippen LogP contribution in [0.4, 0.5) is 5.69 Å². The molecule has 0 saturated heterocycles. The Bertz CT molecular complexity index is 541. The maximum Gasteiger partial charge on any atom is 0.224 e. The second kappa shape index (κ2) is 5.30. The molecular formula is C14H17N3O2. The maximum absolute atomic E-state index is 11.8. The van der Waals surface area contributed by atoms with Crippen LogP contribution in [-0.2, 0) is 17.8 Å². The van der Waals surface area contributed by atoms with Gasteiger partial charge in [-0.3, -0.25) is 9.48 Å². The first-order chi connectivity index (χ1) is 9.29. The molecule has 100 valence electrons. The minimum atomic E-state index is -0.0117. The summed E-state index contributed by atoms with van der Waals surface area (Å²) < 4.78 is 7.10. The summed E-state index contributed by atoms with van der Waals surface area (Å²) in [5.41, 5.74) is 0.769. The average Bonchev–Trinajstić information content (AvgIpc) is 2.90. The van der Waals surface area contributed by atoms with Crippen LogP contribution in [0.25, 0.3) is 0 Å². The van der Waals surface area contributed by atoms with Gasteiger partial charge in [0.05, 0.1) is 18.1 Å². The van der Waals surface area contributed by atoms with E-state index in [-0.39, 0.29) is 5.91 Å². The van der Waals surface area contributed by atoms with Crippen LogP contribution in [0.2, 0.25) is 0 Å². The van der Waals surface area contributed by atoms with Crippen molar-refractivity contribution in [3.63, 3.8) is 0 Å². The topological polar surface area (TPSA) is 60.1 Å². The van der Waals surface area contributed by atoms with Crippen LogP contribution in [0, 0.1) is 5.92 Å². The van der Waals surface area contributed by atoms with Gasteiger partial charge in [0.2, 0.25) is 5.91 Å². The molecule has 2 aromatic rings. The lowest BCUT2D eigenvalue weighted by molar-refractivity contribution is -0.116. The lowest BCUT2D eigenvalue weighted by atomic mass is 10.2. The van der Waals surface area contributed by atoms with Gasteiger partial charge >= 0.3 is 0 Å². The number of amides is 1. The summed E-state index contributed by atoms with van der Waals surface area (Å²) in [4.78, 5) is 11.8. The van der Waals surface area contributed by atoms with E-state index in [0.29, 0.717) is 12.8 Å². The lowest BCUT2D eigenvalue weighted by Gasteiger charge is -2.01. The minimum absolute atomic E-state index is 0.0117. The van der Waals surface area contributed by atoms with Crippen molar-refractivity contribution in [2.75, 3.05) is 5.32 Å². The molecule has 0 spiro atoms. The van der Waals surface area contributed by atoms with Gasteiger partial charge in [0.25, 0.3) is 0 Å². The maximum atomic E-state index is 11.8. The van der Waals surface area contributed by atoms with E-state index in [1.807, 2.05) is 23.0 Å². The van der Waals surface area contributed by atoms with Crippen molar-refractivity contribution in [1.82, 2.24) is 9.78 Å². The molecule has 1 aliphatic rings. The fourth-order valence-corrected chi connectivity index (χ4v) is 2.01. The van der Waals surface area contributed by atoms with Gasteiger partial charge in [-0.1, -0.05) is 0 Å². The summed E-state index contributed by atoms with van der Waals surface area (Å²) >= 11 is 0. The van der Waals surface area contributed by atoms with Crippen molar-refractivity contribution in [3.8, 4) is 0 Å². The molecule has 19 heavy (non-hydrogen) atoms. The first-order valence-electron chi connectivity index (χ1n) is 6.64. The number of nitrogens with one attached hydrogen (secondary N) is 1. The average molecular weight is 259 g/mol. The fourth-order valence-electron chi connectivity index (χ4n) is 2.01. The molecule has 1 amide bonds. The molecule has 3 rings (SSSR count). The predicted molar refractivity (Wildman–Crippen MR) is 70.6 cm³/mol. The Kier molecular flexibility index (Phi) is 3.35. The van der Waals surface area contributed by atoms with Gasteiger partial charge in [0.15, 0.2) is 0 Å². The number of furan rings is 1. The monoisotopic (exact) mass is 259 g/mol. The molecule has 0 aromatic carbocycles. The predicted octanol–water partition coefficient (Wildman–Crippen LogP) is 2.46. The van der Waals surface area contributed by atoms with Gasteiger partial charge in [-0.25, -0.2) is 0 Å². The van der Waals surface area contributed by atoms with Gasteiger partial charge in [-0.15, -0.1) is 0 Å². The van der Waals surface area contributed by atoms with E-state index in [1.165, 1.54) is 12.8 Å². The SMILES string of the molecule is O=C(CCc1ccco1)Nc1cnn(CC2CC2)c1. The van der Waals surface area contributed by atoms with Crippen molar-refractivity contribution in [3.05, 3.63) is 36.5 Å². The van der Waals surface area contributed by atoms with Crippen LogP contribution < -0.4 is 5.32 Å². The van der Waals surface area contributed by atoms with E-state index >= 15 is 0 Å². The Morgan fingerprint density at radius 1 is 1.53 bits per heavy atom.